The van der Waals surface area contributed by atoms with Gasteiger partial charge in [-0.15, -0.1) is 0 Å². The van der Waals surface area contributed by atoms with E-state index in [0.717, 1.165) is 0 Å². The summed E-state index contributed by atoms with van der Waals surface area (Å²) in [6.45, 7) is 1.57. The van der Waals surface area contributed by atoms with Gasteiger partial charge in [-0.2, -0.15) is 5.10 Å². The fraction of sp³-hybridized carbons (Fsp3) is 0.250. The van der Waals surface area contributed by atoms with Gasteiger partial charge in [0.1, 0.15) is 5.75 Å². The number of anilines is 1. The Morgan fingerprint density at radius 2 is 1.68 bits per heavy atom. The number of ether oxygens (including phenoxy) is 3. The highest BCUT2D eigenvalue weighted by Gasteiger charge is 2.14. The molecule has 0 aromatic heterocycles. The summed E-state index contributed by atoms with van der Waals surface area (Å²) in [6, 6.07) is 8.49. The third kappa shape index (κ3) is 6.16. The summed E-state index contributed by atoms with van der Waals surface area (Å²) in [4.78, 5) is 34.8. The molecule has 2 N–H and O–H groups in total. The molecule has 31 heavy (non-hydrogen) atoms. The zero-order chi connectivity index (χ0) is 23.0. The number of amides is 2. The number of methoxy groups -OCH3 is 3. The van der Waals surface area contributed by atoms with Gasteiger partial charge in [-0.1, -0.05) is 0 Å². The van der Waals surface area contributed by atoms with Crippen LogP contribution in [0.3, 0.4) is 0 Å². The molecule has 0 unspecified atom stereocenters. The minimum atomic E-state index is -0.563. The number of rotatable bonds is 9. The number of non-ortho nitro benzene ring substituents is 1. The molecule has 0 aliphatic carbocycles. The van der Waals surface area contributed by atoms with Crippen molar-refractivity contribution in [1.82, 2.24) is 5.43 Å². The summed E-state index contributed by atoms with van der Waals surface area (Å²) >= 11 is 0. The van der Waals surface area contributed by atoms with E-state index in [2.05, 4.69) is 15.8 Å². The van der Waals surface area contributed by atoms with Gasteiger partial charge in [-0.3, -0.25) is 19.7 Å². The lowest BCUT2D eigenvalue weighted by molar-refractivity contribution is -0.384. The fourth-order valence-corrected chi connectivity index (χ4v) is 2.55. The maximum Gasteiger partial charge on any atom is 0.273 e. The molecule has 164 valence electrons. The van der Waals surface area contributed by atoms with Gasteiger partial charge >= 0.3 is 0 Å². The smallest absolute Gasteiger partial charge is 0.273 e. The van der Waals surface area contributed by atoms with Crippen LogP contribution in [0.5, 0.6) is 17.2 Å². The molecular weight excluding hydrogens is 408 g/mol. The second kappa shape index (κ2) is 10.6. The lowest BCUT2D eigenvalue weighted by atomic mass is 10.2. The Balaban J connectivity index is 2.00. The van der Waals surface area contributed by atoms with Crippen LogP contribution >= 0.6 is 0 Å². The molecule has 0 bridgehead atoms. The van der Waals surface area contributed by atoms with Gasteiger partial charge in [-0.05, 0) is 31.2 Å². The minimum absolute atomic E-state index is 0.119. The van der Waals surface area contributed by atoms with E-state index in [0.29, 0.717) is 22.8 Å². The van der Waals surface area contributed by atoms with Gasteiger partial charge < -0.3 is 19.5 Å². The average Bonchev–Trinajstić information content (AvgIpc) is 2.76. The summed E-state index contributed by atoms with van der Waals surface area (Å²) in [6.07, 6.45) is -0.119. The van der Waals surface area contributed by atoms with Crippen molar-refractivity contribution < 1.29 is 28.7 Å². The van der Waals surface area contributed by atoms with Crippen LogP contribution in [0.4, 0.5) is 11.4 Å². The van der Waals surface area contributed by atoms with Crippen LogP contribution in [-0.2, 0) is 4.79 Å². The van der Waals surface area contributed by atoms with Crippen molar-refractivity contribution in [2.45, 2.75) is 13.3 Å². The molecule has 2 rings (SSSR count). The number of carbonyl (C=O) groups excluding carboxylic acids is 2. The minimum Gasteiger partial charge on any atom is -0.494 e. The van der Waals surface area contributed by atoms with Crippen LogP contribution in [-0.4, -0.2) is 43.8 Å². The first-order valence-electron chi connectivity index (χ1n) is 8.96. The highest BCUT2D eigenvalue weighted by atomic mass is 16.6. The quantitative estimate of drug-likeness (QED) is 0.354. The van der Waals surface area contributed by atoms with Crippen LogP contribution in [0, 0.1) is 10.1 Å². The molecular formula is C20H22N4O7. The number of carbonyl (C=O) groups is 2. The number of nitrogens with zero attached hydrogens (tertiary/aromatic N) is 2. The first kappa shape index (κ1) is 23.1. The van der Waals surface area contributed by atoms with Crippen LogP contribution in [0.1, 0.15) is 23.7 Å². The number of nitro benzene ring substituents is 1. The Morgan fingerprint density at radius 1 is 1.00 bits per heavy atom. The molecule has 0 spiro atoms. The molecule has 2 aromatic rings. The molecule has 0 heterocycles. The van der Waals surface area contributed by atoms with Gasteiger partial charge in [0.15, 0.2) is 11.5 Å². The van der Waals surface area contributed by atoms with E-state index in [9.17, 15) is 19.7 Å². The van der Waals surface area contributed by atoms with E-state index >= 15 is 0 Å². The second-order valence-electron chi connectivity index (χ2n) is 6.22. The van der Waals surface area contributed by atoms with Crippen molar-refractivity contribution in [2.24, 2.45) is 5.10 Å². The average molecular weight is 430 g/mol. The maximum absolute atomic E-state index is 12.3. The highest BCUT2D eigenvalue weighted by molar-refractivity contribution is 6.06. The zero-order valence-electron chi connectivity index (χ0n) is 17.4. The van der Waals surface area contributed by atoms with Crippen LogP contribution in [0.15, 0.2) is 41.5 Å². The van der Waals surface area contributed by atoms with Crippen molar-refractivity contribution >= 4 is 28.9 Å². The maximum atomic E-state index is 12.3. The number of hydrazone groups is 1. The monoisotopic (exact) mass is 430 g/mol. The van der Waals surface area contributed by atoms with Crippen molar-refractivity contribution in [2.75, 3.05) is 26.6 Å². The van der Waals surface area contributed by atoms with Gasteiger partial charge in [0.25, 0.3) is 11.6 Å². The Morgan fingerprint density at radius 3 is 2.29 bits per heavy atom. The van der Waals surface area contributed by atoms with Crippen LogP contribution in [0.2, 0.25) is 0 Å². The first-order chi connectivity index (χ1) is 14.8. The van der Waals surface area contributed by atoms with E-state index in [4.69, 9.17) is 14.2 Å². The van der Waals surface area contributed by atoms with Crippen LogP contribution in [0.25, 0.3) is 0 Å². The topological polar surface area (TPSA) is 141 Å². The lowest BCUT2D eigenvalue weighted by Crippen LogP contribution is -2.21. The molecule has 0 atom stereocenters. The molecule has 2 amide bonds. The molecule has 0 aliphatic rings. The molecule has 2 aromatic carbocycles. The Kier molecular flexibility index (Phi) is 7.89. The zero-order valence-corrected chi connectivity index (χ0v) is 17.4. The standard InChI is InChI=1S/C20H22N4O7/c1-12(22-23-20(26)13-5-8-16(29-2)18(10-13)31-4)9-19(25)21-15-7-6-14(24(27)28)11-17(15)30-3/h5-8,10-11H,9H2,1-4H3,(H,21,25)(H,23,26). The summed E-state index contributed by atoms with van der Waals surface area (Å²) in [7, 11) is 4.29. The van der Waals surface area contributed by atoms with E-state index in [1.54, 1.807) is 19.1 Å². The number of benzene rings is 2. The van der Waals surface area contributed by atoms with Crippen LogP contribution < -0.4 is 25.0 Å². The summed E-state index contributed by atoms with van der Waals surface area (Å²) in [5.74, 6) is 0.106. The predicted molar refractivity (Wildman–Crippen MR) is 113 cm³/mol. The van der Waals surface area contributed by atoms with Gasteiger partial charge in [0.2, 0.25) is 5.91 Å². The van der Waals surface area contributed by atoms with Gasteiger partial charge in [0, 0.05) is 17.3 Å². The second-order valence-corrected chi connectivity index (χ2v) is 6.22. The molecule has 0 fully saturated rings. The van der Waals surface area contributed by atoms with E-state index in [1.165, 1.54) is 45.6 Å². The van der Waals surface area contributed by atoms with Crippen molar-refractivity contribution in [3.05, 3.63) is 52.1 Å². The predicted octanol–water partition coefficient (Wildman–Crippen LogP) is 2.76. The third-order valence-corrected chi connectivity index (χ3v) is 4.08. The van der Waals surface area contributed by atoms with Crippen molar-refractivity contribution in [3.63, 3.8) is 0 Å². The molecule has 0 radical (unpaired) electrons. The van der Waals surface area contributed by atoms with E-state index in [-0.39, 0.29) is 23.5 Å². The van der Waals surface area contributed by atoms with Gasteiger partial charge in [0.05, 0.1) is 44.4 Å². The largest absolute Gasteiger partial charge is 0.494 e. The van der Waals surface area contributed by atoms with E-state index in [1.807, 2.05) is 0 Å². The Bertz CT molecular complexity index is 1020. The van der Waals surface area contributed by atoms with Crippen molar-refractivity contribution in [1.29, 1.82) is 0 Å². The van der Waals surface area contributed by atoms with E-state index < -0.39 is 16.7 Å². The van der Waals surface area contributed by atoms with Crippen molar-refractivity contribution in [3.8, 4) is 17.2 Å². The Hall–Kier alpha value is -4.15. The summed E-state index contributed by atoms with van der Waals surface area (Å²) < 4.78 is 15.4. The van der Waals surface area contributed by atoms with Gasteiger partial charge in [-0.25, -0.2) is 5.43 Å². The molecule has 0 saturated heterocycles. The number of hydrogen-bond acceptors (Lipinski definition) is 8. The summed E-state index contributed by atoms with van der Waals surface area (Å²) in [5, 5.41) is 17.4. The Labute approximate surface area is 178 Å². The summed E-state index contributed by atoms with van der Waals surface area (Å²) in [5.41, 5.74) is 3.13. The normalized spacial score (nSPS) is 10.8. The number of nitro groups is 1. The first-order valence-corrected chi connectivity index (χ1v) is 8.96. The third-order valence-electron chi connectivity index (χ3n) is 4.08. The number of hydrogen-bond donors (Lipinski definition) is 2. The number of nitrogens with one attached hydrogen (secondary N) is 2. The molecule has 0 saturated carbocycles. The molecule has 11 nitrogen and oxygen atoms in total. The lowest BCUT2D eigenvalue weighted by Gasteiger charge is -2.10. The molecule has 0 aliphatic heterocycles. The fourth-order valence-electron chi connectivity index (χ4n) is 2.55. The molecule has 11 heteroatoms. The highest BCUT2D eigenvalue weighted by Crippen LogP contribution is 2.29. The SMILES string of the molecule is COc1cc([N+](=O)[O-])ccc1NC(=O)CC(C)=NNC(=O)c1ccc(OC)c(OC)c1.